The van der Waals surface area contributed by atoms with Gasteiger partial charge in [0.05, 0.1) is 12.6 Å². The zero-order valence-electron chi connectivity index (χ0n) is 15.3. The van der Waals surface area contributed by atoms with Crippen LogP contribution in [0.5, 0.6) is 17.2 Å². The molecule has 0 aliphatic carbocycles. The maximum atomic E-state index is 12.4. The lowest BCUT2D eigenvalue weighted by Gasteiger charge is -2.21. The fourth-order valence-corrected chi connectivity index (χ4v) is 2.98. The third-order valence-electron chi connectivity index (χ3n) is 4.34. The van der Waals surface area contributed by atoms with E-state index in [0.717, 1.165) is 28.4 Å². The maximum absolute atomic E-state index is 12.4. The van der Waals surface area contributed by atoms with Gasteiger partial charge in [-0.2, -0.15) is 0 Å². The van der Waals surface area contributed by atoms with E-state index in [-0.39, 0.29) is 11.9 Å². The fraction of sp³-hybridized carbons (Fsp3) is 0.381. The van der Waals surface area contributed by atoms with Gasteiger partial charge in [-0.3, -0.25) is 4.79 Å². The van der Waals surface area contributed by atoms with Crippen molar-refractivity contribution in [1.82, 2.24) is 5.32 Å². The Bertz CT molecular complexity index is 759. The van der Waals surface area contributed by atoms with Crippen LogP contribution >= 0.6 is 0 Å². The van der Waals surface area contributed by atoms with Crippen molar-refractivity contribution >= 4 is 5.91 Å². The largest absolute Gasteiger partial charge is 0.494 e. The van der Waals surface area contributed by atoms with Gasteiger partial charge in [0.15, 0.2) is 11.5 Å². The van der Waals surface area contributed by atoms with Crippen molar-refractivity contribution in [2.45, 2.75) is 32.7 Å². The summed E-state index contributed by atoms with van der Waals surface area (Å²) in [5, 5.41) is 3.05. The molecule has 0 saturated heterocycles. The van der Waals surface area contributed by atoms with Gasteiger partial charge in [0.2, 0.25) is 5.91 Å². The summed E-state index contributed by atoms with van der Waals surface area (Å²) in [6.07, 6.45) is 1.06. The molecular weight excluding hydrogens is 330 g/mol. The summed E-state index contributed by atoms with van der Waals surface area (Å²) in [6, 6.07) is 13.5. The van der Waals surface area contributed by atoms with Gasteiger partial charge in [0.25, 0.3) is 0 Å². The van der Waals surface area contributed by atoms with Crippen LogP contribution in [0.4, 0.5) is 0 Å². The Labute approximate surface area is 154 Å². The molecule has 1 heterocycles. The molecule has 3 rings (SSSR count). The first kappa shape index (κ1) is 18.1. The monoisotopic (exact) mass is 355 g/mol. The Balaban J connectivity index is 1.56. The van der Waals surface area contributed by atoms with E-state index >= 15 is 0 Å². The van der Waals surface area contributed by atoms with Gasteiger partial charge in [-0.05, 0) is 49.6 Å². The Morgan fingerprint density at radius 3 is 2.73 bits per heavy atom. The van der Waals surface area contributed by atoms with Crippen LogP contribution in [0.2, 0.25) is 0 Å². The summed E-state index contributed by atoms with van der Waals surface area (Å²) in [5.41, 5.74) is 2.05. The predicted octanol–water partition coefficient (Wildman–Crippen LogP) is 3.67. The van der Waals surface area contributed by atoms with Crippen molar-refractivity contribution < 1.29 is 19.0 Å². The van der Waals surface area contributed by atoms with Gasteiger partial charge in [-0.1, -0.05) is 24.3 Å². The van der Waals surface area contributed by atoms with Gasteiger partial charge in [-0.25, -0.2) is 0 Å². The Hall–Kier alpha value is -2.69. The van der Waals surface area contributed by atoms with E-state index in [1.807, 2.05) is 56.3 Å². The normalized spacial score (nSPS) is 13.8. The number of nitrogens with one attached hydrogen (secondary N) is 1. The molecule has 0 aromatic heterocycles. The van der Waals surface area contributed by atoms with Crippen LogP contribution in [0.1, 0.15) is 37.4 Å². The van der Waals surface area contributed by atoms with E-state index in [2.05, 4.69) is 5.32 Å². The van der Waals surface area contributed by atoms with Crippen molar-refractivity contribution in [3.05, 3.63) is 53.6 Å². The van der Waals surface area contributed by atoms with Gasteiger partial charge < -0.3 is 19.5 Å². The van der Waals surface area contributed by atoms with Crippen LogP contribution in [0, 0.1) is 0 Å². The number of fused-ring (bicyclic) bond motifs is 1. The fourth-order valence-electron chi connectivity index (χ4n) is 2.98. The first-order valence-corrected chi connectivity index (χ1v) is 9.07. The van der Waals surface area contributed by atoms with Crippen LogP contribution in [0.15, 0.2) is 42.5 Å². The molecule has 2 aromatic rings. The lowest BCUT2D eigenvalue weighted by Crippen LogP contribution is -2.27. The third-order valence-corrected chi connectivity index (χ3v) is 4.34. The molecule has 138 valence electrons. The van der Waals surface area contributed by atoms with E-state index < -0.39 is 0 Å². The van der Waals surface area contributed by atoms with Crippen LogP contribution in [-0.4, -0.2) is 25.7 Å². The van der Waals surface area contributed by atoms with Crippen LogP contribution < -0.4 is 19.5 Å². The summed E-state index contributed by atoms with van der Waals surface area (Å²) >= 11 is 0. The molecule has 5 nitrogen and oxygen atoms in total. The molecule has 2 aromatic carbocycles. The molecule has 5 heteroatoms. The number of amides is 1. The first-order chi connectivity index (χ1) is 12.7. The highest BCUT2D eigenvalue weighted by atomic mass is 16.6. The molecule has 1 N–H and O–H groups in total. The quantitative estimate of drug-likeness (QED) is 0.823. The lowest BCUT2D eigenvalue weighted by molar-refractivity contribution is -0.121. The molecule has 1 amide bonds. The number of carbonyl (C=O) groups excluding carboxylic acids is 1. The van der Waals surface area contributed by atoms with Crippen LogP contribution in [0.25, 0.3) is 0 Å². The van der Waals surface area contributed by atoms with E-state index in [1.165, 1.54) is 0 Å². The van der Waals surface area contributed by atoms with Gasteiger partial charge in [0.1, 0.15) is 19.0 Å². The average Bonchev–Trinajstić information content (AvgIpc) is 2.67. The molecule has 1 aliphatic rings. The SMILES string of the molecule is CCOc1ccccc1CCC(=O)NC(C)c1ccc2c(c1)OCCO2. The zero-order chi connectivity index (χ0) is 18.4. The highest BCUT2D eigenvalue weighted by molar-refractivity contribution is 5.76. The minimum atomic E-state index is -0.0968. The highest BCUT2D eigenvalue weighted by Gasteiger charge is 2.16. The number of hydrogen-bond acceptors (Lipinski definition) is 4. The smallest absolute Gasteiger partial charge is 0.220 e. The molecule has 0 radical (unpaired) electrons. The summed E-state index contributed by atoms with van der Waals surface area (Å²) in [4.78, 5) is 12.4. The molecule has 0 fully saturated rings. The Kier molecular flexibility index (Phi) is 6.00. The minimum Gasteiger partial charge on any atom is -0.494 e. The van der Waals surface area contributed by atoms with Gasteiger partial charge >= 0.3 is 0 Å². The average molecular weight is 355 g/mol. The second-order valence-electron chi connectivity index (χ2n) is 6.23. The van der Waals surface area contributed by atoms with Crippen molar-refractivity contribution in [3.63, 3.8) is 0 Å². The number of hydrogen-bond donors (Lipinski definition) is 1. The van der Waals surface area contributed by atoms with E-state index in [1.54, 1.807) is 0 Å². The van der Waals surface area contributed by atoms with E-state index in [0.29, 0.717) is 32.7 Å². The summed E-state index contributed by atoms with van der Waals surface area (Å²) in [5.74, 6) is 2.35. The highest BCUT2D eigenvalue weighted by Crippen LogP contribution is 2.32. The number of aryl methyl sites for hydroxylation is 1. The number of benzene rings is 2. The Morgan fingerprint density at radius 1 is 1.15 bits per heavy atom. The van der Waals surface area contributed by atoms with Crippen molar-refractivity contribution in [1.29, 1.82) is 0 Å². The molecule has 0 spiro atoms. The summed E-state index contributed by atoms with van der Waals surface area (Å²) in [7, 11) is 0. The summed E-state index contributed by atoms with van der Waals surface area (Å²) < 4.78 is 16.8. The zero-order valence-corrected chi connectivity index (χ0v) is 15.3. The molecule has 0 saturated carbocycles. The number of carbonyl (C=O) groups is 1. The predicted molar refractivity (Wildman–Crippen MR) is 99.9 cm³/mol. The molecular formula is C21H25NO4. The molecule has 1 unspecified atom stereocenters. The topological polar surface area (TPSA) is 56.8 Å². The van der Waals surface area contributed by atoms with Crippen molar-refractivity contribution in [2.24, 2.45) is 0 Å². The van der Waals surface area contributed by atoms with E-state index in [9.17, 15) is 4.79 Å². The van der Waals surface area contributed by atoms with Gasteiger partial charge in [0, 0.05) is 6.42 Å². The van der Waals surface area contributed by atoms with Gasteiger partial charge in [-0.15, -0.1) is 0 Å². The Morgan fingerprint density at radius 2 is 1.92 bits per heavy atom. The molecule has 0 bridgehead atoms. The number of ether oxygens (including phenoxy) is 3. The molecule has 1 atom stereocenters. The first-order valence-electron chi connectivity index (χ1n) is 9.07. The van der Waals surface area contributed by atoms with Crippen LogP contribution in [0.3, 0.4) is 0 Å². The van der Waals surface area contributed by atoms with Crippen LogP contribution in [-0.2, 0) is 11.2 Å². The number of rotatable bonds is 7. The second kappa shape index (κ2) is 8.61. The lowest BCUT2D eigenvalue weighted by atomic mass is 10.1. The van der Waals surface area contributed by atoms with E-state index in [4.69, 9.17) is 14.2 Å². The summed E-state index contributed by atoms with van der Waals surface area (Å²) in [6.45, 7) is 5.67. The number of para-hydroxylation sites is 1. The second-order valence-corrected chi connectivity index (χ2v) is 6.23. The third kappa shape index (κ3) is 4.48. The molecule has 26 heavy (non-hydrogen) atoms. The molecule has 1 aliphatic heterocycles. The standard InChI is InChI=1S/C21H25NO4/c1-3-24-18-7-5-4-6-16(18)9-11-21(23)22-15(2)17-8-10-19-20(14-17)26-13-12-25-19/h4-8,10,14-15H,3,9,11-13H2,1-2H3,(H,22,23). The van der Waals surface area contributed by atoms with Crippen molar-refractivity contribution in [3.8, 4) is 17.2 Å². The minimum absolute atomic E-state index is 0.0127. The maximum Gasteiger partial charge on any atom is 0.220 e. The van der Waals surface area contributed by atoms with Crippen molar-refractivity contribution in [2.75, 3.05) is 19.8 Å².